The van der Waals surface area contributed by atoms with E-state index in [1.54, 1.807) is 6.07 Å². The zero-order chi connectivity index (χ0) is 12.2. The Balaban J connectivity index is 2.88. The van der Waals surface area contributed by atoms with Crippen molar-refractivity contribution < 1.29 is 22.3 Å². The molecule has 0 bridgehead atoms. The number of halogens is 4. The second-order valence-corrected chi connectivity index (χ2v) is 3.11. The van der Waals surface area contributed by atoms with Crippen molar-refractivity contribution in [2.75, 3.05) is 6.54 Å². The number of hydrogen-bond donors (Lipinski definition) is 1. The van der Waals surface area contributed by atoms with Gasteiger partial charge in [0.05, 0.1) is 0 Å². The van der Waals surface area contributed by atoms with Crippen molar-refractivity contribution in [1.29, 1.82) is 0 Å². The van der Waals surface area contributed by atoms with Gasteiger partial charge in [-0.05, 0) is 24.6 Å². The van der Waals surface area contributed by atoms with Gasteiger partial charge in [0.25, 0.3) is 0 Å². The summed E-state index contributed by atoms with van der Waals surface area (Å²) in [4.78, 5) is 0. The van der Waals surface area contributed by atoms with Crippen LogP contribution in [0.25, 0.3) is 0 Å². The molecule has 2 nitrogen and oxygen atoms in total. The van der Waals surface area contributed by atoms with Crippen molar-refractivity contribution in [2.24, 2.45) is 5.73 Å². The van der Waals surface area contributed by atoms with E-state index in [1.165, 1.54) is 18.2 Å². The smallest absolute Gasteiger partial charge is 0.428 e. The zero-order valence-electron chi connectivity index (χ0n) is 8.30. The molecular formula is C10H11F4NO. The van der Waals surface area contributed by atoms with Crippen molar-refractivity contribution in [3.05, 3.63) is 29.8 Å². The van der Waals surface area contributed by atoms with Crippen LogP contribution in [0.4, 0.5) is 17.6 Å². The van der Waals surface area contributed by atoms with E-state index in [1.807, 2.05) is 0 Å². The highest BCUT2D eigenvalue weighted by molar-refractivity contribution is 5.33. The molecule has 0 unspecified atom stereocenters. The Morgan fingerprint density at radius 3 is 2.44 bits per heavy atom. The monoisotopic (exact) mass is 237 g/mol. The largest absolute Gasteiger partial charge is 0.461 e. The fraction of sp³-hybridized carbons (Fsp3) is 0.400. The molecule has 0 radical (unpaired) electrons. The molecule has 1 aromatic rings. The maximum absolute atomic E-state index is 12.6. The third-order valence-corrected chi connectivity index (χ3v) is 1.89. The van der Waals surface area contributed by atoms with E-state index in [-0.39, 0.29) is 18.7 Å². The van der Waals surface area contributed by atoms with Crippen LogP contribution in [0.3, 0.4) is 0 Å². The summed E-state index contributed by atoms with van der Waals surface area (Å²) in [7, 11) is 0. The van der Waals surface area contributed by atoms with E-state index >= 15 is 0 Å². The molecule has 0 aliphatic heterocycles. The van der Waals surface area contributed by atoms with Gasteiger partial charge in [-0.15, -0.1) is 0 Å². The molecule has 0 aliphatic carbocycles. The number of para-hydroxylation sites is 1. The molecule has 0 atom stereocenters. The van der Waals surface area contributed by atoms with E-state index < -0.39 is 12.5 Å². The van der Waals surface area contributed by atoms with Crippen LogP contribution in [0.5, 0.6) is 5.75 Å². The van der Waals surface area contributed by atoms with Crippen molar-refractivity contribution in [3.8, 4) is 5.75 Å². The minimum absolute atomic E-state index is 0.223. The molecule has 16 heavy (non-hydrogen) atoms. The van der Waals surface area contributed by atoms with Crippen LogP contribution in [-0.2, 0) is 6.42 Å². The van der Waals surface area contributed by atoms with E-state index in [2.05, 4.69) is 4.74 Å². The fourth-order valence-electron chi connectivity index (χ4n) is 1.16. The third kappa shape index (κ3) is 3.10. The van der Waals surface area contributed by atoms with Gasteiger partial charge in [0.15, 0.2) is 0 Å². The van der Waals surface area contributed by atoms with Crippen molar-refractivity contribution in [2.45, 2.75) is 19.0 Å². The number of rotatable bonds is 5. The van der Waals surface area contributed by atoms with Crippen LogP contribution < -0.4 is 10.5 Å². The maximum atomic E-state index is 12.6. The summed E-state index contributed by atoms with van der Waals surface area (Å²) >= 11 is 0. The topological polar surface area (TPSA) is 35.2 Å². The molecule has 90 valence electrons. The summed E-state index contributed by atoms with van der Waals surface area (Å²) < 4.78 is 53.1. The average molecular weight is 237 g/mol. The molecule has 1 aromatic carbocycles. The van der Waals surface area contributed by atoms with E-state index in [9.17, 15) is 17.6 Å². The molecule has 0 aliphatic rings. The predicted molar refractivity (Wildman–Crippen MR) is 50.8 cm³/mol. The second-order valence-electron chi connectivity index (χ2n) is 3.11. The quantitative estimate of drug-likeness (QED) is 0.798. The fourth-order valence-corrected chi connectivity index (χ4v) is 1.16. The van der Waals surface area contributed by atoms with Gasteiger partial charge in [0.2, 0.25) is 0 Å². The van der Waals surface area contributed by atoms with Crippen LogP contribution in [0.2, 0.25) is 0 Å². The van der Waals surface area contributed by atoms with Gasteiger partial charge in [-0.1, -0.05) is 18.2 Å². The molecule has 0 heterocycles. The molecule has 0 aromatic heterocycles. The highest BCUT2D eigenvalue weighted by Crippen LogP contribution is 2.29. The number of hydrogen-bond acceptors (Lipinski definition) is 2. The highest BCUT2D eigenvalue weighted by Gasteiger charge is 2.44. The standard InChI is InChI=1S/C10H11F4NO/c11-9(12)10(13,14)16-8-4-2-1-3-7(8)5-6-15/h1-4,9H,5-6,15H2. The third-order valence-electron chi connectivity index (χ3n) is 1.89. The van der Waals surface area contributed by atoms with E-state index in [4.69, 9.17) is 5.73 Å². The lowest BCUT2D eigenvalue weighted by Gasteiger charge is -2.18. The summed E-state index contributed by atoms with van der Waals surface area (Å²) in [5.41, 5.74) is 5.64. The second kappa shape index (κ2) is 5.16. The Morgan fingerprint density at radius 1 is 1.25 bits per heavy atom. The summed E-state index contributed by atoms with van der Waals surface area (Å²) in [6.45, 7) is 0.223. The molecular weight excluding hydrogens is 226 g/mol. The van der Waals surface area contributed by atoms with Crippen LogP contribution in [0, 0.1) is 0 Å². The van der Waals surface area contributed by atoms with Crippen molar-refractivity contribution >= 4 is 0 Å². The van der Waals surface area contributed by atoms with E-state index in [0.29, 0.717) is 5.56 Å². The number of nitrogens with two attached hydrogens (primary N) is 1. The Hall–Kier alpha value is -1.30. The number of ether oxygens (including phenoxy) is 1. The first kappa shape index (κ1) is 12.8. The van der Waals surface area contributed by atoms with Crippen LogP contribution in [0.15, 0.2) is 24.3 Å². The SMILES string of the molecule is NCCc1ccccc1OC(F)(F)C(F)F. The highest BCUT2D eigenvalue weighted by atomic mass is 19.3. The molecule has 1 rings (SSSR count). The maximum Gasteiger partial charge on any atom is 0.461 e. The van der Waals surface area contributed by atoms with Gasteiger partial charge >= 0.3 is 12.5 Å². The Labute approximate surface area is 90.0 Å². The molecule has 0 saturated heterocycles. The van der Waals surface area contributed by atoms with Crippen LogP contribution in [-0.4, -0.2) is 19.1 Å². The first-order chi connectivity index (χ1) is 7.47. The van der Waals surface area contributed by atoms with Crippen molar-refractivity contribution in [1.82, 2.24) is 0 Å². The lowest BCUT2D eigenvalue weighted by Crippen LogP contribution is -2.33. The van der Waals surface area contributed by atoms with Gasteiger partial charge in [0, 0.05) is 0 Å². The first-order valence-electron chi connectivity index (χ1n) is 4.60. The molecule has 6 heteroatoms. The minimum Gasteiger partial charge on any atom is -0.428 e. The lowest BCUT2D eigenvalue weighted by atomic mass is 10.1. The summed E-state index contributed by atoms with van der Waals surface area (Å²) in [5.74, 6) is -0.266. The Bertz CT molecular complexity index is 343. The van der Waals surface area contributed by atoms with Crippen molar-refractivity contribution in [3.63, 3.8) is 0 Å². The average Bonchev–Trinajstić information content (AvgIpc) is 2.20. The number of alkyl halides is 4. The zero-order valence-corrected chi connectivity index (χ0v) is 8.30. The van der Waals surface area contributed by atoms with Gasteiger partial charge in [-0.3, -0.25) is 0 Å². The van der Waals surface area contributed by atoms with Gasteiger partial charge in [-0.2, -0.15) is 17.6 Å². The molecule has 2 N–H and O–H groups in total. The van der Waals surface area contributed by atoms with Crippen LogP contribution >= 0.6 is 0 Å². The van der Waals surface area contributed by atoms with E-state index in [0.717, 1.165) is 0 Å². The van der Waals surface area contributed by atoms with Gasteiger partial charge < -0.3 is 10.5 Å². The normalized spacial score (nSPS) is 11.9. The summed E-state index contributed by atoms with van der Waals surface area (Å²) in [6, 6.07) is 5.74. The predicted octanol–water partition coefficient (Wildman–Crippen LogP) is 2.42. The lowest BCUT2D eigenvalue weighted by molar-refractivity contribution is -0.253. The summed E-state index contributed by atoms with van der Waals surface area (Å²) in [6.07, 6.45) is -8.06. The molecule has 0 saturated carbocycles. The van der Waals surface area contributed by atoms with Gasteiger partial charge in [-0.25, -0.2) is 0 Å². The molecule has 0 fully saturated rings. The molecule has 0 spiro atoms. The first-order valence-corrected chi connectivity index (χ1v) is 4.60. The summed E-state index contributed by atoms with van der Waals surface area (Å²) in [5, 5.41) is 0. The Morgan fingerprint density at radius 2 is 1.88 bits per heavy atom. The minimum atomic E-state index is -4.48. The number of benzene rings is 1. The van der Waals surface area contributed by atoms with Crippen LogP contribution in [0.1, 0.15) is 5.56 Å². The Kier molecular flexibility index (Phi) is 4.12. The van der Waals surface area contributed by atoms with Gasteiger partial charge in [0.1, 0.15) is 5.75 Å². The molecule has 0 amide bonds.